The zero-order chi connectivity index (χ0) is 17.8. The fourth-order valence-electron chi connectivity index (χ4n) is 2.79. The van der Waals surface area contributed by atoms with Gasteiger partial charge in [0.1, 0.15) is 5.75 Å². The van der Waals surface area contributed by atoms with E-state index in [1.165, 1.54) is 12.1 Å². The maximum Gasteiger partial charge on any atom is 0.387 e. The molecule has 1 saturated heterocycles. The quantitative estimate of drug-likeness (QED) is 0.831. The number of anilines is 1. The van der Waals surface area contributed by atoms with Crippen molar-refractivity contribution in [3.8, 4) is 5.75 Å². The summed E-state index contributed by atoms with van der Waals surface area (Å²) in [6.45, 7) is -0.874. The third-order valence-electron chi connectivity index (χ3n) is 3.99. The molecule has 1 aliphatic rings. The minimum Gasteiger partial charge on any atom is -0.434 e. The normalized spacial score (nSPS) is 14.7. The van der Waals surface area contributed by atoms with Crippen LogP contribution < -0.4 is 9.64 Å². The zero-order valence-electron chi connectivity index (χ0n) is 13.2. The second-order valence-electron chi connectivity index (χ2n) is 5.48. The lowest BCUT2D eigenvalue weighted by atomic mass is 10.1. The van der Waals surface area contributed by atoms with Gasteiger partial charge in [0.15, 0.2) is 0 Å². The molecule has 2 heterocycles. The highest BCUT2D eigenvalue weighted by Crippen LogP contribution is 2.26. The number of aromatic nitrogens is 1. The summed E-state index contributed by atoms with van der Waals surface area (Å²) in [7, 11) is 0. The minimum atomic E-state index is -2.97. The molecule has 0 spiro atoms. The van der Waals surface area contributed by atoms with Crippen LogP contribution in [0.3, 0.4) is 0 Å². The number of rotatable bonds is 4. The number of hydrogen-bond donors (Lipinski definition) is 0. The first kappa shape index (κ1) is 17.4. The molecule has 3 rings (SSSR count). The predicted octanol–water partition coefficient (Wildman–Crippen LogP) is 3.30. The van der Waals surface area contributed by atoms with E-state index in [2.05, 4.69) is 14.6 Å². The molecule has 0 aliphatic carbocycles. The van der Waals surface area contributed by atoms with Gasteiger partial charge in [0, 0.05) is 38.6 Å². The Morgan fingerprint density at radius 1 is 1.16 bits per heavy atom. The second-order valence-corrected chi connectivity index (χ2v) is 5.89. The van der Waals surface area contributed by atoms with Crippen molar-refractivity contribution in [1.29, 1.82) is 0 Å². The van der Waals surface area contributed by atoms with E-state index in [-0.39, 0.29) is 17.2 Å². The summed E-state index contributed by atoms with van der Waals surface area (Å²) in [4.78, 5) is 20.3. The van der Waals surface area contributed by atoms with Crippen LogP contribution in [0.25, 0.3) is 0 Å². The fraction of sp³-hybridized carbons (Fsp3) is 0.294. The molecule has 1 amide bonds. The van der Waals surface area contributed by atoms with Gasteiger partial charge in [-0.05, 0) is 18.2 Å². The number of piperazine rings is 1. The van der Waals surface area contributed by atoms with Crippen LogP contribution in [0.2, 0.25) is 5.02 Å². The van der Waals surface area contributed by atoms with E-state index in [0.717, 1.165) is 5.69 Å². The van der Waals surface area contributed by atoms with Crippen molar-refractivity contribution in [2.45, 2.75) is 6.61 Å². The Bertz CT molecular complexity index is 752. The number of para-hydroxylation sites is 1. The number of carbonyl (C=O) groups is 1. The molecule has 1 fully saturated rings. The van der Waals surface area contributed by atoms with Crippen LogP contribution in [0.5, 0.6) is 5.75 Å². The molecule has 25 heavy (non-hydrogen) atoms. The molecular weight excluding hydrogens is 352 g/mol. The fourth-order valence-corrected chi connectivity index (χ4v) is 3.03. The van der Waals surface area contributed by atoms with E-state index in [9.17, 15) is 13.6 Å². The van der Waals surface area contributed by atoms with Crippen molar-refractivity contribution in [3.63, 3.8) is 0 Å². The molecular formula is C17H16ClF2N3O2. The Morgan fingerprint density at radius 3 is 2.56 bits per heavy atom. The summed E-state index contributed by atoms with van der Waals surface area (Å²) in [5.74, 6) is -0.432. The van der Waals surface area contributed by atoms with Gasteiger partial charge in [-0.2, -0.15) is 8.78 Å². The Morgan fingerprint density at radius 2 is 1.88 bits per heavy atom. The van der Waals surface area contributed by atoms with Crippen molar-refractivity contribution in [1.82, 2.24) is 9.88 Å². The first-order valence-electron chi connectivity index (χ1n) is 7.74. The maximum absolute atomic E-state index is 12.7. The van der Waals surface area contributed by atoms with Crippen molar-refractivity contribution in [2.24, 2.45) is 0 Å². The summed E-state index contributed by atoms with van der Waals surface area (Å²) >= 11 is 6.15. The molecule has 132 valence electrons. The van der Waals surface area contributed by atoms with E-state index < -0.39 is 6.61 Å². The van der Waals surface area contributed by atoms with Crippen molar-refractivity contribution < 1.29 is 18.3 Å². The van der Waals surface area contributed by atoms with Crippen molar-refractivity contribution in [3.05, 3.63) is 53.3 Å². The van der Waals surface area contributed by atoms with Gasteiger partial charge in [0.2, 0.25) is 0 Å². The molecule has 0 bridgehead atoms. The molecule has 8 heteroatoms. The molecule has 0 unspecified atom stereocenters. The highest BCUT2D eigenvalue weighted by Gasteiger charge is 2.25. The second kappa shape index (κ2) is 7.65. The molecule has 1 aromatic carbocycles. The standard InChI is InChI=1S/C17H16ClF2N3O2/c18-13-11-21-6-5-14(13)22-7-9-23(10-8-22)16(24)12-3-1-2-4-15(12)25-17(19)20/h1-6,11,17H,7-10H2. The topological polar surface area (TPSA) is 45.7 Å². The van der Waals surface area contributed by atoms with E-state index in [4.69, 9.17) is 11.6 Å². The van der Waals surface area contributed by atoms with Gasteiger partial charge in [-0.25, -0.2) is 0 Å². The first-order valence-corrected chi connectivity index (χ1v) is 8.11. The van der Waals surface area contributed by atoms with Crippen molar-refractivity contribution >= 4 is 23.2 Å². The van der Waals surface area contributed by atoms with Gasteiger partial charge in [-0.1, -0.05) is 23.7 Å². The number of amides is 1. The van der Waals surface area contributed by atoms with Crippen LogP contribution in [0.4, 0.5) is 14.5 Å². The molecule has 0 saturated carbocycles. The Kier molecular flexibility index (Phi) is 5.33. The average molecular weight is 368 g/mol. The molecule has 0 atom stereocenters. The van der Waals surface area contributed by atoms with Gasteiger partial charge in [0.05, 0.1) is 16.3 Å². The number of alkyl halides is 2. The van der Waals surface area contributed by atoms with Gasteiger partial charge in [-0.15, -0.1) is 0 Å². The average Bonchev–Trinajstić information content (AvgIpc) is 2.62. The third kappa shape index (κ3) is 3.99. The van der Waals surface area contributed by atoms with Gasteiger partial charge < -0.3 is 14.5 Å². The number of ether oxygens (including phenoxy) is 1. The largest absolute Gasteiger partial charge is 0.434 e. The lowest BCUT2D eigenvalue weighted by Crippen LogP contribution is -2.49. The summed E-state index contributed by atoms with van der Waals surface area (Å²) in [5, 5.41) is 0.554. The maximum atomic E-state index is 12.7. The monoisotopic (exact) mass is 367 g/mol. The Balaban J connectivity index is 1.69. The minimum absolute atomic E-state index is 0.109. The van der Waals surface area contributed by atoms with E-state index >= 15 is 0 Å². The van der Waals surface area contributed by atoms with Gasteiger partial charge in [-0.3, -0.25) is 9.78 Å². The molecule has 1 aliphatic heterocycles. The highest BCUT2D eigenvalue weighted by molar-refractivity contribution is 6.33. The third-order valence-corrected chi connectivity index (χ3v) is 4.28. The number of hydrogen-bond acceptors (Lipinski definition) is 4. The number of carbonyl (C=O) groups excluding carboxylic acids is 1. The molecule has 0 radical (unpaired) electrons. The zero-order valence-corrected chi connectivity index (χ0v) is 14.0. The lowest BCUT2D eigenvalue weighted by Gasteiger charge is -2.36. The van der Waals surface area contributed by atoms with Crippen LogP contribution >= 0.6 is 11.6 Å². The summed E-state index contributed by atoms with van der Waals surface area (Å²) < 4.78 is 29.5. The van der Waals surface area contributed by atoms with Crippen LogP contribution in [-0.4, -0.2) is 48.6 Å². The molecule has 5 nitrogen and oxygen atoms in total. The van der Waals surface area contributed by atoms with Crippen LogP contribution in [-0.2, 0) is 0 Å². The van der Waals surface area contributed by atoms with Crippen LogP contribution in [0, 0.1) is 0 Å². The number of nitrogens with zero attached hydrogens (tertiary/aromatic N) is 3. The Hall–Kier alpha value is -2.41. The highest BCUT2D eigenvalue weighted by atomic mass is 35.5. The van der Waals surface area contributed by atoms with Crippen LogP contribution in [0.1, 0.15) is 10.4 Å². The number of benzene rings is 1. The summed E-state index contributed by atoms with van der Waals surface area (Å²) in [6.07, 6.45) is 3.24. The molecule has 2 aromatic rings. The number of halogens is 3. The van der Waals surface area contributed by atoms with E-state index in [0.29, 0.717) is 31.2 Å². The van der Waals surface area contributed by atoms with E-state index in [1.807, 2.05) is 6.07 Å². The van der Waals surface area contributed by atoms with Gasteiger partial charge >= 0.3 is 6.61 Å². The van der Waals surface area contributed by atoms with Crippen molar-refractivity contribution in [2.75, 3.05) is 31.1 Å². The summed E-state index contributed by atoms with van der Waals surface area (Å²) in [5.41, 5.74) is 1.00. The first-order chi connectivity index (χ1) is 12.1. The summed E-state index contributed by atoms with van der Waals surface area (Å²) in [6, 6.07) is 7.86. The SMILES string of the molecule is O=C(c1ccccc1OC(F)F)N1CCN(c2ccncc2Cl)CC1. The van der Waals surface area contributed by atoms with E-state index in [1.54, 1.807) is 29.4 Å². The lowest BCUT2D eigenvalue weighted by molar-refractivity contribution is -0.0502. The van der Waals surface area contributed by atoms with Crippen LogP contribution in [0.15, 0.2) is 42.7 Å². The predicted molar refractivity (Wildman–Crippen MR) is 90.4 cm³/mol. The number of pyridine rings is 1. The Labute approximate surface area is 148 Å². The smallest absolute Gasteiger partial charge is 0.387 e. The van der Waals surface area contributed by atoms with Gasteiger partial charge in [0.25, 0.3) is 5.91 Å². The molecule has 0 N–H and O–H groups in total. The molecule has 1 aromatic heterocycles.